The third-order valence-corrected chi connectivity index (χ3v) is 7.22. The molecule has 0 spiro atoms. The fourth-order valence-corrected chi connectivity index (χ4v) is 5.18. The molecule has 2 aromatic rings. The summed E-state index contributed by atoms with van der Waals surface area (Å²) in [4.78, 5) is 35.6. The lowest BCUT2D eigenvalue weighted by Gasteiger charge is -2.35. The zero-order valence-electron chi connectivity index (χ0n) is 18.4. The molecule has 3 N–H and O–H groups in total. The number of carbonyl (C=O) groups excluding carboxylic acids is 2. The zero-order valence-corrected chi connectivity index (χ0v) is 18.4. The van der Waals surface area contributed by atoms with Crippen LogP contribution in [0.4, 0.5) is 4.79 Å². The summed E-state index contributed by atoms with van der Waals surface area (Å²) in [5, 5.41) is 14.7. The minimum absolute atomic E-state index is 0.0373. The first kappa shape index (κ1) is 21.5. The van der Waals surface area contributed by atoms with Gasteiger partial charge in [-0.15, -0.1) is 0 Å². The number of carboxylic acids is 1. The molecule has 2 amide bonds. The first-order valence-electron chi connectivity index (χ1n) is 11.6. The third kappa shape index (κ3) is 4.32. The molecule has 3 aliphatic rings. The number of carboxylic acid groups (broad SMARTS) is 1. The second-order valence-corrected chi connectivity index (χ2v) is 9.55. The number of fused-ring (bicyclic) bond motifs is 3. The van der Waals surface area contributed by atoms with E-state index in [4.69, 9.17) is 9.84 Å². The van der Waals surface area contributed by atoms with Crippen LogP contribution in [0.15, 0.2) is 48.5 Å². The molecule has 0 saturated heterocycles. The van der Waals surface area contributed by atoms with E-state index in [2.05, 4.69) is 34.9 Å². The molecule has 33 heavy (non-hydrogen) atoms. The monoisotopic (exact) mass is 448 g/mol. The lowest BCUT2D eigenvalue weighted by atomic mass is 9.73. The molecule has 0 unspecified atom stereocenters. The molecule has 5 rings (SSSR count). The summed E-state index contributed by atoms with van der Waals surface area (Å²) < 4.78 is 5.56. The Morgan fingerprint density at radius 2 is 1.55 bits per heavy atom. The van der Waals surface area contributed by atoms with Gasteiger partial charge in [0.25, 0.3) is 0 Å². The Balaban J connectivity index is 1.04. The maximum atomic E-state index is 12.3. The molecule has 0 aromatic heterocycles. The van der Waals surface area contributed by atoms with Crippen molar-refractivity contribution in [1.82, 2.24) is 10.6 Å². The molecule has 2 fully saturated rings. The minimum atomic E-state index is -1.02. The number of rotatable bonds is 8. The predicted octanol–water partition coefficient (Wildman–Crippen LogP) is 3.67. The Labute approximate surface area is 192 Å². The molecule has 2 aromatic carbocycles. The van der Waals surface area contributed by atoms with Gasteiger partial charge in [0, 0.05) is 18.9 Å². The van der Waals surface area contributed by atoms with Crippen molar-refractivity contribution < 1.29 is 24.2 Å². The smallest absolute Gasteiger partial charge is 0.407 e. The van der Waals surface area contributed by atoms with Gasteiger partial charge < -0.3 is 20.5 Å². The Kier molecular flexibility index (Phi) is 5.56. The number of nitrogens with one attached hydrogen (secondary N) is 2. The van der Waals surface area contributed by atoms with E-state index in [1.807, 2.05) is 24.3 Å². The second-order valence-electron chi connectivity index (χ2n) is 9.55. The summed E-state index contributed by atoms with van der Waals surface area (Å²) in [6.45, 7) is 0.812. The van der Waals surface area contributed by atoms with Gasteiger partial charge in [0.2, 0.25) is 5.91 Å². The topological polar surface area (TPSA) is 105 Å². The van der Waals surface area contributed by atoms with Crippen molar-refractivity contribution in [1.29, 1.82) is 0 Å². The molecular weight excluding hydrogens is 420 g/mol. The van der Waals surface area contributed by atoms with Crippen LogP contribution in [0.1, 0.15) is 49.1 Å². The van der Waals surface area contributed by atoms with Crippen molar-refractivity contribution in [2.45, 2.75) is 43.6 Å². The van der Waals surface area contributed by atoms with Gasteiger partial charge in [0.1, 0.15) is 12.1 Å². The van der Waals surface area contributed by atoms with Gasteiger partial charge >= 0.3 is 12.1 Å². The lowest BCUT2D eigenvalue weighted by molar-refractivity contribution is -0.143. The SMILES string of the molecule is O=C(CC1CC(CNC(=O)OCC2c3ccccc3-c3ccccc32)C1)NC1(C(=O)O)CC1. The van der Waals surface area contributed by atoms with Crippen molar-refractivity contribution in [3.05, 3.63) is 59.7 Å². The number of hydrogen-bond donors (Lipinski definition) is 3. The number of hydrogen-bond acceptors (Lipinski definition) is 4. The first-order valence-corrected chi connectivity index (χ1v) is 11.6. The number of ether oxygens (including phenoxy) is 1. The van der Waals surface area contributed by atoms with Crippen molar-refractivity contribution in [3.63, 3.8) is 0 Å². The van der Waals surface area contributed by atoms with E-state index in [0.717, 1.165) is 12.8 Å². The van der Waals surface area contributed by atoms with Crippen LogP contribution in [0.5, 0.6) is 0 Å². The van der Waals surface area contributed by atoms with E-state index in [1.54, 1.807) is 0 Å². The van der Waals surface area contributed by atoms with Gasteiger partial charge in [-0.1, -0.05) is 48.5 Å². The number of amides is 2. The lowest BCUT2D eigenvalue weighted by Crippen LogP contribution is -2.45. The first-order chi connectivity index (χ1) is 15.9. The molecular formula is C26H28N2O5. The van der Waals surface area contributed by atoms with Gasteiger partial charge in [0.05, 0.1) is 0 Å². The normalized spacial score (nSPS) is 21.8. The predicted molar refractivity (Wildman–Crippen MR) is 122 cm³/mol. The van der Waals surface area contributed by atoms with E-state index >= 15 is 0 Å². The maximum absolute atomic E-state index is 12.3. The summed E-state index contributed by atoms with van der Waals surface area (Å²) >= 11 is 0. The van der Waals surface area contributed by atoms with Crippen LogP contribution in [0.2, 0.25) is 0 Å². The van der Waals surface area contributed by atoms with E-state index in [0.29, 0.717) is 38.3 Å². The number of alkyl carbamates (subject to hydrolysis) is 1. The van der Waals surface area contributed by atoms with Crippen molar-refractivity contribution >= 4 is 18.0 Å². The van der Waals surface area contributed by atoms with E-state index in [-0.39, 0.29) is 17.7 Å². The Hall–Kier alpha value is -3.35. The van der Waals surface area contributed by atoms with Crippen molar-refractivity contribution in [2.24, 2.45) is 11.8 Å². The molecule has 2 saturated carbocycles. The molecule has 3 aliphatic carbocycles. The largest absolute Gasteiger partial charge is 0.480 e. The van der Waals surface area contributed by atoms with Crippen LogP contribution < -0.4 is 10.6 Å². The maximum Gasteiger partial charge on any atom is 0.407 e. The molecule has 0 aliphatic heterocycles. The average Bonchev–Trinajstić information content (AvgIpc) is 3.49. The summed E-state index contributed by atoms with van der Waals surface area (Å²) in [7, 11) is 0. The van der Waals surface area contributed by atoms with Gasteiger partial charge in [-0.2, -0.15) is 0 Å². The number of carbonyl (C=O) groups is 3. The van der Waals surface area contributed by atoms with Gasteiger partial charge in [0.15, 0.2) is 0 Å². The molecule has 0 atom stereocenters. The fraction of sp³-hybridized carbons (Fsp3) is 0.423. The zero-order chi connectivity index (χ0) is 23.0. The van der Waals surface area contributed by atoms with Crippen LogP contribution in [-0.4, -0.2) is 41.8 Å². The van der Waals surface area contributed by atoms with Crippen LogP contribution in [0.3, 0.4) is 0 Å². The molecule has 0 bridgehead atoms. The van der Waals surface area contributed by atoms with Gasteiger partial charge in [-0.25, -0.2) is 9.59 Å². The third-order valence-electron chi connectivity index (χ3n) is 7.22. The summed E-state index contributed by atoms with van der Waals surface area (Å²) in [6, 6.07) is 16.5. The van der Waals surface area contributed by atoms with Crippen LogP contribution in [0, 0.1) is 11.8 Å². The summed E-state index contributed by atoms with van der Waals surface area (Å²) in [5.74, 6) is -0.547. The Morgan fingerprint density at radius 1 is 0.939 bits per heavy atom. The quantitative estimate of drug-likeness (QED) is 0.572. The average molecular weight is 449 g/mol. The standard InChI is InChI=1S/C26H28N2O5/c29-23(28-26(9-10-26)24(30)31)13-16-11-17(12-16)14-27-25(32)33-15-22-20-7-3-1-5-18(20)19-6-2-4-8-21(19)22/h1-8,16-17,22H,9-15H2,(H,27,32)(H,28,29)(H,30,31). The minimum Gasteiger partial charge on any atom is -0.480 e. The molecule has 172 valence electrons. The van der Waals surface area contributed by atoms with Gasteiger partial charge in [-0.3, -0.25) is 4.79 Å². The van der Waals surface area contributed by atoms with Crippen molar-refractivity contribution in [3.8, 4) is 11.1 Å². The highest BCUT2D eigenvalue weighted by atomic mass is 16.5. The van der Waals surface area contributed by atoms with Crippen LogP contribution in [-0.2, 0) is 14.3 Å². The highest BCUT2D eigenvalue weighted by molar-refractivity contribution is 5.89. The highest BCUT2D eigenvalue weighted by Crippen LogP contribution is 2.44. The molecule has 7 nitrogen and oxygen atoms in total. The van der Waals surface area contributed by atoms with Crippen LogP contribution >= 0.6 is 0 Å². The van der Waals surface area contributed by atoms with E-state index in [1.165, 1.54) is 22.3 Å². The highest BCUT2D eigenvalue weighted by Gasteiger charge is 2.51. The molecule has 0 heterocycles. The van der Waals surface area contributed by atoms with Gasteiger partial charge in [-0.05, 0) is 59.8 Å². The fourth-order valence-electron chi connectivity index (χ4n) is 5.18. The van der Waals surface area contributed by atoms with Crippen molar-refractivity contribution in [2.75, 3.05) is 13.2 Å². The summed E-state index contributed by atoms with van der Waals surface area (Å²) in [6.07, 6.45) is 2.62. The number of aliphatic carboxylic acids is 1. The molecule has 0 radical (unpaired) electrons. The second kappa shape index (κ2) is 8.54. The van der Waals surface area contributed by atoms with E-state index in [9.17, 15) is 14.4 Å². The Bertz CT molecular complexity index is 1040. The summed E-state index contributed by atoms with van der Waals surface area (Å²) in [5.41, 5.74) is 3.74. The number of benzene rings is 2. The van der Waals surface area contributed by atoms with Crippen LogP contribution in [0.25, 0.3) is 11.1 Å². The molecule has 7 heteroatoms. The van der Waals surface area contributed by atoms with E-state index < -0.39 is 17.6 Å². The Morgan fingerprint density at radius 3 is 2.12 bits per heavy atom.